The van der Waals surface area contributed by atoms with Gasteiger partial charge in [0.1, 0.15) is 12.9 Å². The van der Waals surface area contributed by atoms with Crippen LogP contribution >= 0.6 is 7.14 Å². The largest absolute Gasteiger partial charge is 0.466 e. The van der Waals surface area contributed by atoms with Crippen molar-refractivity contribution in [2.45, 2.75) is 18.2 Å². The van der Waals surface area contributed by atoms with Crippen molar-refractivity contribution in [1.29, 1.82) is 0 Å². The minimum atomic E-state index is -3.04. The third-order valence-corrected chi connectivity index (χ3v) is 6.59. The summed E-state index contributed by atoms with van der Waals surface area (Å²) in [7, 11) is -3.04. The Morgan fingerprint density at radius 2 is 1.48 bits per heavy atom. The molecule has 0 radical (unpaired) electrons. The number of hydrogen-bond donors (Lipinski definition) is 1. The molecule has 0 aliphatic heterocycles. The van der Waals surface area contributed by atoms with Gasteiger partial charge in [0.05, 0.1) is 6.26 Å². The lowest BCUT2D eigenvalue weighted by molar-refractivity contribution is 0.220. The summed E-state index contributed by atoms with van der Waals surface area (Å²) < 4.78 is 18.9. The van der Waals surface area contributed by atoms with Crippen molar-refractivity contribution in [2.75, 3.05) is 0 Å². The van der Waals surface area contributed by atoms with E-state index in [-0.39, 0.29) is 12.3 Å². The average Bonchev–Trinajstić information content (AvgIpc) is 3.10. The minimum Gasteiger partial charge on any atom is -0.466 e. The molecule has 118 valence electrons. The van der Waals surface area contributed by atoms with Gasteiger partial charge in [0, 0.05) is 37.1 Å². The maximum atomic E-state index is 13.6. The van der Waals surface area contributed by atoms with Crippen LogP contribution in [-0.4, -0.2) is 15.1 Å². The molecule has 0 aliphatic rings. The highest BCUT2D eigenvalue weighted by molar-refractivity contribution is 7.62. The summed E-state index contributed by atoms with van der Waals surface area (Å²) >= 11 is 0. The Hall–Kier alpha value is -2.23. The van der Waals surface area contributed by atoms with Crippen LogP contribution in [-0.2, 0) is 16.9 Å². The van der Waals surface area contributed by atoms with Gasteiger partial charge in [0.2, 0.25) is 0 Å². The second-order valence-corrected chi connectivity index (χ2v) is 8.39. The van der Waals surface area contributed by atoms with Crippen LogP contribution in [0.3, 0.4) is 0 Å². The van der Waals surface area contributed by atoms with E-state index in [2.05, 4.69) is 9.97 Å². The number of rotatable bonds is 6. The zero-order chi connectivity index (χ0) is 16.1. The van der Waals surface area contributed by atoms with E-state index in [1.165, 1.54) is 6.26 Å². The fourth-order valence-electron chi connectivity index (χ4n) is 2.49. The Morgan fingerprint density at radius 1 is 0.957 bits per heavy atom. The van der Waals surface area contributed by atoms with Crippen molar-refractivity contribution in [3.05, 3.63) is 84.3 Å². The predicted molar refractivity (Wildman–Crippen MR) is 87.2 cm³/mol. The lowest BCUT2D eigenvalue weighted by Crippen LogP contribution is -2.04. The van der Waals surface area contributed by atoms with Crippen molar-refractivity contribution in [2.24, 2.45) is 0 Å². The summed E-state index contributed by atoms with van der Waals surface area (Å²) in [5.41, 5.74) is 1.76. The highest BCUT2D eigenvalue weighted by Crippen LogP contribution is 2.62. The molecule has 23 heavy (non-hydrogen) atoms. The molecule has 1 atom stereocenters. The summed E-state index contributed by atoms with van der Waals surface area (Å²) in [6.45, 7) is 0. The number of furan rings is 1. The average molecular weight is 328 g/mol. The quantitative estimate of drug-likeness (QED) is 0.696. The second kappa shape index (κ2) is 6.90. The summed E-state index contributed by atoms with van der Waals surface area (Å²) in [6, 6.07) is 10.6. The van der Waals surface area contributed by atoms with E-state index in [1.54, 1.807) is 36.9 Å². The number of pyridine rings is 2. The van der Waals surface area contributed by atoms with Crippen LogP contribution in [0, 0.1) is 0 Å². The minimum absolute atomic E-state index is 0.277. The van der Waals surface area contributed by atoms with Gasteiger partial charge in [0.25, 0.3) is 0 Å². The summed E-state index contributed by atoms with van der Waals surface area (Å²) in [6.07, 6.45) is 8.66. The first-order valence-electron chi connectivity index (χ1n) is 7.24. The molecule has 0 spiro atoms. The normalized spacial score (nSPS) is 12.9. The summed E-state index contributed by atoms with van der Waals surface area (Å²) in [4.78, 5) is 7.95. The molecule has 0 amide bonds. The van der Waals surface area contributed by atoms with Crippen LogP contribution < -0.4 is 0 Å². The van der Waals surface area contributed by atoms with Crippen molar-refractivity contribution in [1.82, 2.24) is 9.97 Å². The van der Waals surface area contributed by atoms with E-state index >= 15 is 0 Å². The van der Waals surface area contributed by atoms with Gasteiger partial charge in [-0.3, -0.25) is 9.97 Å². The number of nitrogens with zero attached hydrogens (tertiary/aromatic N) is 2. The van der Waals surface area contributed by atoms with Gasteiger partial charge in [-0.2, -0.15) is 0 Å². The topological polar surface area (TPSA) is 76.2 Å². The van der Waals surface area contributed by atoms with Gasteiger partial charge in [-0.1, -0.05) is 0 Å². The van der Waals surface area contributed by atoms with Gasteiger partial charge in [-0.05, 0) is 47.5 Å². The smallest absolute Gasteiger partial charge is 0.165 e. The molecule has 6 heteroatoms. The molecule has 5 nitrogen and oxygen atoms in total. The third kappa shape index (κ3) is 3.76. The standard InChI is InChI=1S/C17H17N2O3P/c20-17(16-2-1-11-22-16)23(21,12-14-3-7-18-8-4-14)13-15-5-9-19-10-6-15/h1-11,17,20H,12-13H2. The Labute approximate surface area is 134 Å². The highest BCUT2D eigenvalue weighted by atomic mass is 31.2. The van der Waals surface area contributed by atoms with Crippen LogP contribution in [0.15, 0.2) is 71.9 Å². The molecule has 0 aromatic carbocycles. The molecular formula is C17H17N2O3P. The van der Waals surface area contributed by atoms with Gasteiger partial charge in [0.15, 0.2) is 5.85 Å². The van der Waals surface area contributed by atoms with Gasteiger partial charge in [-0.15, -0.1) is 0 Å². The zero-order valence-corrected chi connectivity index (χ0v) is 13.3. The summed E-state index contributed by atoms with van der Waals surface area (Å²) in [5, 5.41) is 10.7. The lowest BCUT2D eigenvalue weighted by atomic mass is 10.3. The first-order valence-corrected chi connectivity index (χ1v) is 9.39. The van der Waals surface area contributed by atoms with Crippen molar-refractivity contribution in [3.8, 4) is 0 Å². The zero-order valence-electron chi connectivity index (χ0n) is 12.4. The third-order valence-electron chi connectivity index (χ3n) is 3.64. The molecule has 0 aliphatic carbocycles. The molecule has 1 unspecified atom stereocenters. The van der Waals surface area contributed by atoms with Crippen LogP contribution in [0.4, 0.5) is 0 Å². The maximum Gasteiger partial charge on any atom is 0.165 e. The fourth-order valence-corrected chi connectivity index (χ4v) is 5.22. The van der Waals surface area contributed by atoms with Crippen LogP contribution in [0.5, 0.6) is 0 Å². The lowest BCUT2D eigenvalue weighted by Gasteiger charge is -2.23. The molecule has 0 fully saturated rings. The highest BCUT2D eigenvalue weighted by Gasteiger charge is 2.35. The van der Waals surface area contributed by atoms with Crippen LogP contribution in [0.2, 0.25) is 0 Å². The van der Waals surface area contributed by atoms with E-state index in [9.17, 15) is 9.67 Å². The summed E-state index contributed by atoms with van der Waals surface area (Å²) in [5.74, 6) is -0.810. The van der Waals surface area contributed by atoms with Gasteiger partial charge in [-0.25, -0.2) is 0 Å². The molecule has 3 aromatic heterocycles. The second-order valence-electron chi connectivity index (χ2n) is 5.37. The maximum absolute atomic E-state index is 13.6. The first-order chi connectivity index (χ1) is 11.2. The van der Waals surface area contributed by atoms with Crippen molar-refractivity contribution < 1.29 is 14.1 Å². The Balaban J connectivity index is 1.93. The SMILES string of the molecule is O=P(Cc1ccncc1)(Cc1ccncc1)C(O)c1ccco1. The molecule has 0 bridgehead atoms. The molecular weight excluding hydrogens is 311 g/mol. The molecule has 0 saturated carbocycles. The number of aliphatic hydroxyl groups is 1. The first kappa shape index (κ1) is 15.7. The van der Waals surface area contributed by atoms with Gasteiger partial charge >= 0.3 is 0 Å². The molecule has 3 heterocycles. The van der Waals surface area contributed by atoms with E-state index in [4.69, 9.17) is 4.42 Å². The van der Waals surface area contributed by atoms with E-state index < -0.39 is 13.0 Å². The molecule has 3 rings (SSSR count). The van der Waals surface area contributed by atoms with Crippen molar-refractivity contribution in [3.63, 3.8) is 0 Å². The Bertz CT molecular complexity index is 731. The predicted octanol–water partition coefficient (Wildman–Crippen LogP) is 3.82. The fraction of sp³-hybridized carbons (Fsp3) is 0.176. The Morgan fingerprint density at radius 3 is 1.91 bits per heavy atom. The number of aromatic nitrogens is 2. The van der Waals surface area contributed by atoms with Crippen molar-refractivity contribution >= 4 is 7.14 Å². The van der Waals surface area contributed by atoms with Gasteiger partial charge < -0.3 is 14.1 Å². The number of aliphatic hydroxyl groups excluding tert-OH is 1. The molecule has 1 N–H and O–H groups in total. The molecule has 0 saturated heterocycles. The van der Waals surface area contributed by atoms with E-state index in [1.807, 2.05) is 24.3 Å². The van der Waals surface area contributed by atoms with Crippen LogP contribution in [0.25, 0.3) is 0 Å². The Kier molecular flexibility index (Phi) is 4.70. The van der Waals surface area contributed by atoms with E-state index in [0.29, 0.717) is 5.76 Å². The monoisotopic (exact) mass is 328 g/mol. The van der Waals surface area contributed by atoms with E-state index in [0.717, 1.165) is 11.1 Å². The number of hydrogen-bond acceptors (Lipinski definition) is 5. The van der Waals surface area contributed by atoms with Crippen LogP contribution in [0.1, 0.15) is 22.7 Å². The molecule has 3 aromatic rings.